The van der Waals surface area contributed by atoms with Gasteiger partial charge in [-0.1, -0.05) is 25.5 Å². The summed E-state index contributed by atoms with van der Waals surface area (Å²) in [4.78, 5) is 4.17. The number of aryl methyl sites for hydroxylation is 2. The number of anilines is 1. The summed E-state index contributed by atoms with van der Waals surface area (Å²) in [5, 5.41) is 3.45. The molecule has 1 heterocycles. The Hall–Kier alpha value is -1.83. The Balaban J connectivity index is 1.91. The molecule has 0 fully saturated rings. The molecule has 0 aliphatic carbocycles. The smallest absolute Gasteiger partial charge is 0.0418 e. The van der Waals surface area contributed by atoms with E-state index in [1.54, 1.807) is 0 Å². The number of hydrogen-bond acceptors (Lipinski definition) is 2. The topological polar surface area (TPSA) is 24.9 Å². The molecule has 0 aliphatic heterocycles. The van der Waals surface area contributed by atoms with Gasteiger partial charge < -0.3 is 5.32 Å². The number of unbranched alkanes of at least 4 members (excludes halogenated alkanes) is 1. The molecule has 1 N–H and O–H groups in total. The molecular formula is C17H22N2. The van der Waals surface area contributed by atoms with E-state index < -0.39 is 0 Å². The van der Waals surface area contributed by atoms with Crippen molar-refractivity contribution in [3.8, 4) is 0 Å². The van der Waals surface area contributed by atoms with Crippen LogP contribution in [0.25, 0.3) is 0 Å². The first kappa shape index (κ1) is 13.6. The lowest BCUT2D eigenvalue weighted by Crippen LogP contribution is -2.01. The minimum atomic E-state index is 0.827. The highest BCUT2D eigenvalue weighted by Gasteiger charge is 1.98. The van der Waals surface area contributed by atoms with Crippen molar-refractivity contribution in [3.05, 3.63) is 59.4 Å². The molecular weight excluding hydrogens is 232 g/mol. The van der Waals surface area contributed by atoms with E-state index in [4.69, 9.17) is 0 Å². The third-order valence-electron chi connectivity index (χ3n) is 3.40. The number of benzene rings is 1. The van der Waals surface area contributed by atoms with Gasteiger partial charge in [-0.05, 0) is 54.7 Å². The number of nitrogens with one attached hydrogen (secondary N) is 1. The largest absolute Gasteiger partial charge is 0.381 e. The Morgan fingerprint density at radius 2 is 1.89 bits per heavy atom. The summed E-state index contributed by atoms with van der Waals surface area (Å²) in [5.74, 6) is 0. The maximum Gasteiger partial charge on any atom is 0.0418 e. The SMILES string of the molecule is CCCCc1ccc(NCc2cnccc2C)cc1. The molecule has 0 amide bonds. The number of rotatable bonds is 6. The van der Waals surface area contributed by atoms with Crippen molar-refractivity contribution in [2.45, 2.75) is 39.7 Å². The fraction of sp³-hybridized carbons (Fsp3) is 0.353. The van der Waals surface area contributed by atoms with Crippen LogP contribution in [0.1, 0.15) is 36.5 Å². The minimum absolute atomic E-state index is 0.827. The fourth-order valence-corrected chi connectivity index (χ4v) is 2.05. The normalized spacial score (nSPS) is 10.4. The molecule has 0 saturated heterocycles. The average molecular weight is 254 g/mol. The number of aromatic nitrogens is 1. The van der Waals surface area contributed by atoms with E-state index in [1.165, 1.54) is 41.6 Å². The Kier molecular flexibility index (Phi) is 4.96. The second kappa shape index (κ2) is 6.93. The summed E-state index contributed by atoms with van der Waals surface area (Å²) >= 11 is 0. The van der Waals surface area contributed by atoms with Crippen LogP contribution in [-0.2, 0) is 13.0 Å². The van der Waals surface area contributed by atoms with Crippen molar-refractivity contribution in [1.82, 2.24) is 4.98 Å². The predicted molar refractivity (Wildman–Crippen MR) is 81.4 cm³/mol. The zero-order chi connectivity index (χ0) is 13.5. The van der Waals surface area contributed by atoms with Gasteiger partial charge in [-0.2, -0.15) is 0 Å². The van der Waals surface area contributed by atoms with Crippen LogP contribution in [0.2, 0.25) is 0 Å². The highest BCUT2D eigenvalue weighted by Crippen LogP contribution is 2.14. The molecule has 0 saturated carbocycles. The molecule has 0 spiro atoms. The molecule has 0 aliphatic rings. The third kappa shape index (κ3) is 4.09. The second-order valence-electron chi connectivity index (χ2n) is 4.96. The van der Waals surface area contributed by atoms with Gasteiger partial charge in [0.25, 0.3) is 0 Å². The molecule has 0 bridgehead atoms. The lowest BCUT2D eigenvalue weighted by molar-refractivity contribution is 0.795. The molecule has 2 rings (SSSR count). The van der Waals surface area contributed by atoms with E-state index in [0.29, 0.717) is 0 Å². The molecule has 0 unspecified atom stereocenters. The zero-order valence-corrected chi connectivity index (χ0v) is 11.8. The van der Waals surface area contributed by atoms with Crippen LogP contribution >= 0.6 is 0 Å². The predicted octanol–water partition coefficient (Wildman–Crippen LogP) is 4.34. The molecule has 0 atom stereocenters. The van der Waals surface area contributed by atoms with Crippen LogP contribution in [-0.4, -0.2) is 4.98 Å². The van der Waals surface area contributed by atoms with Gasteiger partial charge in [0.05, 0.1) is 0 Å². The summed E-state index contributed by atoms with van der Waals surface area (Å²) in [6, 6.07) is 10.8. The van der Waals surface area contributed by atoms with Crippen LogP contribution in [0.5, 0.6) is 0 Å². The first-order valence-electron chi connectivity index (χ1n) is 7.02. The minimum Gasteiger partial charge on any atom is -0.381 e. The Bertz CT molecular complexity index is 503. The van der Waals surface area contributed by atoms with Crippen molar-refractivity contribution < 1.29 is 0 Å². The van der Waals surface area contributed by atoms with Gasteiger partial charge in [-0.25, -0.2) is 0 Å². The van der Waals surface area contributed by atoms with Crippen molar-refractivity contribution >= 4 is 5.69 Å². The van der Waals surface area contributed by atoms with Gasteiger partial charge in [0.15, 0.2) is 0 Å². The third-order valence-corrected chi connectivity index (χ3v) is 3.40. The van der Waals surface area contributed by atoms with E-state index in [9.17, 15) is 0 Å². The molecule has 2 aromatic rings. The quantitative estimate of drug-likeness (QED) is 0.829. The lowest BCUT2D eigenvalue weighted by atomic mass is 10.1. The van der Waals surface area contributed by atoms with Crippen molar-refractivity contribution in [2.75, 3.05) is 5.32 Å². The Morgan fingerprint density at radius 3 is 2.58 bits per heavy atom. The Morgan fingerprint density at radius 1 is 1.11 bits per heavy atom. The van der Waals surface area contributed by atoms with Gasteiger partial charge in [0.1, 0.15) is 0 Å². The summed E-state index contributed by atoms with van der Waals surface area (Å²) < 4.78 is 0. The summed E-state index contributed by atoms with van der Waals surface area (Å²) in [7, 11) is 0. The molecule has 2 nitrogen and oxygen atoms in total. The number of hydrogen-bond donors (Lipinski definition) is 1. The van der Waals surface area contributed by atoms with Crippen LogP contribution in [0.4, 0.5) is 5.69 Å². The van der Waals surface area contributed by atoms with Crippen molar-refractivity contribution in [2.24, 2.45) is 0 Å². The van der Waals surface area contributed by atoms with Gasteiger partial charge in [-0.15, -0.1) is 0 Å². The highest BCUT2D eigenvalue weighted by molar-refractivity contribution is 5.45. The second-order valence-corrected chi connectivity index (χ2v) is 4.96. The van der Waals surface area contributed by atoms with Crippen LogP contribution in [0.3, 0.4) is 0 Å². The van der Waals surface area contributed by atoms with E-state index in [1.807, 2.05) is 18.5 Å². The van der Waals surface area contributed by atoms with Crippen molar-refractivity contribution in [3.63, 3.8) is 0 Å². The number of nitrogens with zero attached hydrogens (tertiary/aromatic N) is 1. The van der Waals surface area contributed by atoms with Crippen LogP contribution in [0, 0.1) is 6.92 Å². The fourth-order valence-electron chi connectivity index (χ4n) is 2.05. The maximum absolute atomic E-state index is 4.17. The van der Waals surface area contributed by atoms with E-state index in [-0.39, 0.29) is 0 Å². The van der Waals surface area contributed by atoms with Crippen LogP contribution < -0.4 is 5.32 Å². The van der Waals surface area contributed by atoms with Gasteiger partial charge >= 0.3 is 0 Å². The van der Waals surface area contributed by atoms with Crippen molar-refractivity contribution in [1.29, 1.82) is 0 Å². The highest BCUT2D eigenvalue weighted by atomic mass is 14.9. The molecule has 100 valence electrons. The molecule has 1 aromatic heterocycles. The summed E-state index contributed by atoms with van der Waals surface area (Å²) in [6.45, 7) is 5.17. The van der Waals surface area contributed by atoms with E-state index >= 15 is 0 Å². The molecule has 2 heteroatoms. The molecule has 1 aromatic carbocycles. The molecule has 0 radical (unpaired) electrons. The summed E-state index contributed by atoms with van der Waals surface area (Å²) in [6.07, 6.45) is 7.46. The standard InChI is InChI=1S/C17H22N2/c1-3-4-5-15-6-8-17(9-7-15)19-13-16-12-18-11-10-14(16)2/h6-12,19H,3-5,13H2,1-2H3. The van der Waals surface area contributed by atoms with Gasteiger partial charge in [0.2, 0.25) is 0 Å². The maximum atomic E-state index is 4.17. The summed E-state index contributed by atoms with van der Waals surface area (Å²) in [5.41, 5.74) is 5.12. The van der Waals surface area contributed by atoms with Crippen LogP contribution in [0.15, 0.2) is 42.7 Å². The molecule has 19 heavy (non-hydrogen) atoms. The first-order valence-corrected chi connectivity index (χ1v) is 7.02. The Labute approximate surface area is 115 Å². The zero-order valence-electron chi connectivity index (χ0n) is 11.8. The van der Waals surface area contributed by atoms with Gasteiger partial charge in [0, 0.05) is 24.6 Å². The first-order chi connectivity index (χ1) is 9.29. The van der Waals surface area contributed by atoms with Gasteiger partial charge in [-0.3, -0.25) is 4.98 Å². The monoisotopic (exact) mass is 254 g/mol. The lowest BCUT2D eigenvalue weighted by Gasteiger charge is -2.09. The number of pyridine rings is 1. The van der Waals surface area contributed by atoms with E-state index in [0.717, 1.165) is 6.54 Å². The average Bonchev–Trinajstić information content (AvgIpc) is 2.45. The van der Waals surface area contributed by atoms with E-state index in [2.05, 4.69) is 48.4 Å².